The Morgan fingerprint density at radius 3 is 2.83 bits per heavy atom. The molecule has 0 fully saturated rings. The third kappa shape index (κ3) is 0.942. The van der Waals surface area contributed by atoms with Crippen LogP contribution in [0.1, 0.15) is 21.5 Å². The van der Waals surface area contributed by atoms with Gasteiger partial charge in [-0.1, -0.05) is 0 Å². The van der Waals surface area contributed by atoms with Crippen molar-refractivity contribution >= 4 is 26.1 Å². The van der Waals surface area contributed by atoms with E-state index < -0.39 is 0 Å². The molecule has 2 rings (SSSR count). The van der Waals surface area contributed by atoms with Crippen LogP contribution in [0, 0.1) is 6.92 Å². The zero-order chi connectivity index (χ0) is 8.72. The molecule has 0 N–H and O–H groups in total. The van der Waals surface area contributed by atoms with Gasteiger partial charge in [-0.2, -0.15) is 0 Å². The fourth-order valence-electron chi connectivity index (χ4n) is 1.30. The number of rotatable bonds is 0. The zero-order valence-electron chi connectivity index (χ0n) is 6.46. The Balaban J connectivity index is 2.75. The summed E-state index contributed by atoms with van der Waals surface area (Å²) in [5.41, 5.74) is 2.52. The van der Waals surface area contributed by atoms with Gasteiger partial charge < -0.3 is 0 Å². The number of benzene rings is 1. The van der Waals surface area contributed by atoms with Crippen LogP contribution >= 0.6 is 0 Å². The van der Waals surface area contributed by atoms with Crippen LogP contribution in [-0.4, -0.2) is 26.1 Å². The van der Waals surface area contributed by atoms with Crippen LogP contribution < -0.4 is 0 Å². The van der Waals surface area contributed by atoms with E-state index in [1.165, 1.54) is 0 Å². The molecule has 12 heavy (non-hydrogen) atoms. The molecule has 0 saturated heterocycles. The molecule has 2 nitrogen and oxygen atoms in total. The number of ether oxygens (including phenoxy) is 1. The van der Waals surface area contributed by atoms with Crippen molar-refractivity contribution in [2.45, 2.75) is 6.92 Å². The van der Waals surface area contributed by atoms with E-state index in [1.54, 1.807) is 0 Å². The molecule has 60 valence electrons. The summed E-state index contributed by atoms with van der Waals surface area (Å²) in [4.78, 5) is 11.2. The number of esters is 1. The summed E-state index contributed by atoms with van der Waals surface area (Å²) in [6, 6.07) is 5.69. The standard InChI is InChI=1S/C9H6O2Se/c1-5-3-2-4-6-7(5)8(10)11-9(6)12/h2-4H,1H3. The summed E-state index contributed by atoms with van der Waals surface area (Å²) < 4.78 is 5.52. The quantitative estimate of drug-likeness (QED) is 0.482. The van der Waals surface area contributed by atoms with Gasteiger partial charge in [-0.05, 0) is 0 Å². The van der Waals surface area contributed by atoms with E-state index in [0.717, 1.165) is 11.1 Å². The van der Waals surface area contributed by atoms with E-state index in [4.69, 9.17) is 4.74 Å². The first-order valence-corrected chi connectivity index (χ1v) is 4.42. The van der Waals surface area contributed by atoms with Crippen LogP contribution in [0.4, 0.5) is 0 Å². The molecule has 1 heterocycles. The number of aryl methyl sites for hydroxylation is 1. The van der Waals surface area contributed by atoms with Gasteiger partial charge in [0.05, 0.1) is 0 Å². The predicted octanol–water partition coefficient (Wildman–Crippen LogP) is 0.812. The van der Waals surface area contributed by atoms with E-state index >= 15 is 0 Å². The van der Waals surface area contributed by atoms with Crippen molar-refractivity contribution in [3.8, 4) is 0 Å². The van der Waals surface area contributed by atoms with Crippen LogP contribution in [0.25, 0.3) is 0 Å². The zero-order valence-corrected chi connectivity index (χ0v) is 8.17. The Kier molecular flexibility index (Phi) is 1.63. The molecule has 1 aliphatic rings. The first-order chi connectivity index (χ1) is 5.70. The van der Waals surface area contributed by atoms with Gasteiger partial charge in [0.2, 0.25) is 0 Å². The summed E-state index contributed by atoms with van der Waals surface area (Å²) in [5.74, 6) is -0.253. The van der Waals surface area contributed by atoms with E-state index in [9.17, 15) is 4.79 Å². The van der Waals surface area contributed by atoms with Crippen LogP contribution in [-0.2, 0) is 4.74 Å². The molecular weight excluding hydrogens is 219 g/mol. The molecule has 1 aliphatic heterocycles. The molecule has 1 aromatic rings. The Bertz CT molecular complexity index is 382. The number of hydrogen-bond acceptors (Lipinski definition) is 2. The Morgan fingerprint density at radius 1 is 1.42 bits per heavy atom. The van der Waals surface area contributed by atoms with Crippen LogP contribution in [0.5, 0.6) is 0 Å². The topological polar surface area (TPSA) is 26.3 Å². The SMILES string of the molecule is Cc1cccc2c1C(=O)OC2=[Se]. The predicted molar refractivity (Wildman–Crippen MR) is 46.5 cm³/mol. The monoisotopic (exact) mass is 226 g/mol. The summed E-state index contributed by atoms with van der Waals surface area (Å²) >= 11 is 2.73. The molecule has 0 aliphatic carbocycles. The average molecular weight is 225 g/mol. The molecular formula is C9H6O2Se. The normalized spacial score (nSPS) is 14.4. The number of carbonyl (C=O) groups is 1. The van der Waals surface area contributed by atoms with Gasteiger partial charge in [0.15, 0.2) is 0 Å². The molecule has 0 aromatic heterocycles. The molecule has 0 saturated carbocycles. The third-order valence-electron chi connectivity index (χ3n) is 1.88. The second-order valence-electron chi connectivity index (χ2n) is 2.67. The number of fused-ring (bicyclic) bond motifs is 1. The maximum absolute atomic E-state index is 11.2. The number of cyclic esters (lactones) is 1. The van der Waals surface area contributed by atoms with Crippen molar-refractivity contribution in [2.24, 2.45) is 0 Å². The molecule has 3 heteroatoms. The minimum absolute atomic E-state index is 0.253. The van der Waals surface area contributed by atoms with Crippen molar-refractivity contribution in [2.75, 3.05) is 0 Å². The van der Waals surface area contributed by atoms with Crippen molar-refractivity contribution in [3.63, 3.8) is 0 Å². The second kappa shape index (κ2) is 2.54. The molecule has 0 amide bonds. The second-order valence-corrected chi connectivity index (χ2v) is 3.45. The van der Waals surface area contributed by atoms with E-state index in [-0.39, 0.29) is 5.97 Å². The van der Waals surface area contributed by atoms with E-state index in [0.29, 0.717) is 10.2 Å². The van der Waals surface area contributed by atoms with Gasteiger partial charge in [-0.3, -0.25) is 0 Å². The molecule has 0 bridgehead atoms. The summed E-state index contributed by atoms with van der Waals surface area (Å²) in [6.07, 6.45) is 0. The fourth-order valence-corrected chi connectivity index (χ4v) is 1.81. The van der Waals surface area contributed by atoms with Crippen molar-refractivity contribution < 1.29 is 9.53 Å². The van der Waals surface area contributed by atoms with Crippen LogP contribution in [0.15, 0.2) is 18.2 Å². The Hall–Kier alpha value is -0.921. The number of hydrogen-bond donors (Lipinski definition) is 0. The van der Waals surface area contributed by atoms with Gasteiger partial charge in [0, 0.05) is 0 Å². The van der Waals surface area contributed by atoms with Crippen molar-refractivity contribution in [1.82, 2.24) is 0 Å². The molecule has 0 unspecified atom stereocenters. The molecule has 0 atom stereocenters. The van der Waals surface area contributed by atoms with Crippen LogP contribution in [0.3, 0.4) is 0 Å². The maximum atomic E-state index is 11.2. The number of carbonyl (C=O) groups excluding carboxylic acids is 1. The Morgan fingerprint density at radius 2 is 2.17 bits per heavy atom. The summed E-state index contributed by atoms with van der Waals surface area (Å²) in [5, 5.41) is 0. The van der Waals surface area contributed by atoms with Gasteiger partial charge in [-0.15, -0.1) is 0 Å². The van der Waals surface area contributed by atoms with Gasteiger partial charge in [0.1, 0.15) is 0 Å². The fraction of sp³-hybridized carbons (Fsp3) is 0.111. The van der Waals surface area contributed by atoms with Gasteiger partial charge >= 0.3 is 77.5 Å². The van der Waals surface area contributed by atoms with Crippen LogP contribution in [0.2, 0.25) is 0 Å². The third-order valence-corrected chi connectivity index (χ3v) is 2.52. The summed E-state index contributed by atoms with van der Waals surface area (Å²) in [6.45, 7) is 1.90. The van der Waals surface area contributed by atoms with E-state index in [1.807, 2.05) is 25.1 Å². The first-order valence-electron chi connectivity index (χ1n) is 3.56. The first kappa shape index (κ1) is 7.71. The minimum atomic E-state index is -0.253. The van der Waals surface area contributed by atoms with Crippen molar-refractivity contribution in [1.29, 1.82) is 0 Å². The Labute approximate surface area is 77.9 Å². The van der Waals surface area contributed by atoms with Gasteiger partial charge in [0.25, 0.3) is 0 Å². The van der Waals surface area contributed by atoms with Gasteiger partial charge in [-0.25, -0.2) is 0 Å². The molecule has 1 aromatic carbocycles. The summed E-state index contributed by atoms with van der Waals surface area (Å²) in [7, 11) is 0. The molecule has 0 radical (unpaired) electrons. The average Bonchev–Trinajstić information content (AvgIpc) is 2.29. The van der Waals surface area contributed by atoms with Crippen molar-refractivity contribution in [3.05, 3.63) is 34.9 Å². The van der Waals surface area contributed by atoms with E-state index in [2.05, 4.69) is 15.6 Å². The molecule has 0 spiro atoms.